The molecule has 27 heavy (non-hydrogen) atoms. The Bertz CT molecular complexity index is 739. The number of amides is 1. The number of benzene rings is 2. The van der Waals surface area contributed by atoms with Gasteiger partial charge in [0.15, 0.2) is 0 Å². The van der Waals surface area contributed by atoms with Crippen molar-refractivity contribution in [3.05, 3.63) is 69.2 Å². The molecule has 0 aliphatic rings. The maximum Gasteiger partial charge on any atom is 0.237 e. The zero-order chi connectivity index (χ0) is 19.8. The first kappa shape index (κ1) is 21.4. The van der Waals surface area contributed by atoms with Gasteiger partial charge in [-0.1, -0.05) is 65.6 Å². The Hall–Kier alpha value is -1.87. The molecule has 0 saturated heterocycles. The Labute approximate surface area is 174 Å². The molecule has 0 fully saturated rings. The largest absolute Gasteiger partial charge is 0.342 e. The van der Waals surface area contributed by atoms with E-state index in [9.17, 15) is 4.79 Å². The van der Waals surface area contributed by atoms with E-state index in [-0.39, 0.29) is 18.5 Å². The number of nitriles is 1. The Morgan fingerprint density at radius 2 is 1.67 bits per heavy atom. The van der Waals surface area contributed by atoms with E-state index in [0.717, 1.165) is 15.6 Å². The number of nitrogens with one attached hydrogen (secondary N) is 2. The molecular weight excluding hydrogens is 426 g/mol. The third-order valence-corrected chi connectivity index (χ3v) is 4.92. The maximum absolute atomic E-state index is 12.6. The molecule has 0 spiro atoms. The number of halogens is 2. The predicted molar refractivity (Wildman–Crippen MR) is 112 cm³/mol. The summed E-state index contributed by atoms with van der Waals surface area (Å²) in [5.41, 5.74) is 2.06. The van der Waals surface area contributed by atoms with E-state index >= 15 is 0 Å². The van der Waals surface area contributed by atoms with Crippen LogP contribution in [0.4, 0.5) is 0 Å². The molecule has 0 bridgehead atoms. The smallest absolute Gasteiger partial charge is 0.237 e. The minimum absolute atomic E-state index is 0.000988. The molecule has 0 heterocycles. The van der Waals surface area contributed by atoms with Crippen LogP contribution in [0.2, 0.25) is 5.02 Å². The minimum atomic E-state index is -0.414. The van der Waals surface area contributed by atoms with Gasteiger partial charge in [0, 0.05) is 9.50 Å². The Kier molecular flexibility index (Phi) is 8.30. The molecule has 6 heteroatoms. The third kappa shape index (κ3) is 6.66. The van der Waals surface area contributed by atoms with Crippen molar-refractivity contribution in [2.75, 3.05) is 6.54 Å². The van der Waals surface area contributed by atoms with Crippen LogP contribution < -0.4 is 10.6 Å². The van der Waals surface area contributed by atoms with E-state index in [4.69, 9.17) is 16.9 Å². The second-order valence-electron chi connectivity index (χ2n) is 6.76. The normalized spacial score (nSPS) is 13.0. The molecule has 2 aromatic rings. The summed E-state index contributed by atoms with van der Waals surface area (Å²) in [6, 6.07) is 17.0. The summed E-state index contributed by atoms with van der Waals surface area (Å²) < 4.78 is 0.992. The summed E-state index contributed by atoms with van der Waals surface area (Å²) in [5, 5.41) is 15.6. The van der Waals surface area contributed by atoms with Crippen molar-refractivity contribution in [2.24, 2.45) is 5.92 Å². The van der Waals surface area contributed by atoms with Crippen molar-refractivity contribution >= 4 is 33.4 Å². The van der Waals surface area contributed by atoms with Crippen LogP contribution in [0.25, 0.3) is 0 Å². The van der Waals surface area contributed by atoms with Gasteiger partial charge in [-0.25, -0.2) is 0 Å². The summed E-state index contributed by atoms with van der Waals surface area (Å²) in [4.78, 5) is 12.6. The van der Waals surface area contributed by atoms with Crippen LogP contribution in [0, 0.1) is 17.2 Å². The van der Waals surface area contributed by atoms with E-state index in [1.165, 1.54) is 0 Å². The highest BCUT2D eigenvalue weighted by Crippen LogP contribution is 2.26. The molecule has 2 atom stereocenters. The van der Waals surface area contributed by atoms with Crippen LogP contribution in [-0.2, 0) is 4.79 Å². The van der Waals surface area contributed by atoms with Crippen molar-refractivity contribution in [1.29, 1.82) is 5.26 Å². The van der Waals surface area contributed by atoms with Crippen LogP contribution >= 0.6 is 27.5 Å². The first-order valence-electron chi connectivity index (χ1n) is 8.82. The summed E-state index contributed by atoms with van der Waals surface area (Å²) in [6.45, 7) is 4.14. The average molecular weight is 449 g/mol. The van der Waals surface area contributed by atoms with Crippen LogP contribution in [0.3, 0.4) is 0 Å². The first-order chi connectivity index (χ1) is 12.9. The van der Waals surface area contributed by atoms with E-state index < -0.39 is 6.04 Å². The lowest BCUT2D eigenvalue weighted by Gasteiger charge is -2.27. The second kappa shape index (κ2) is 10.5. The van der Waals surface area contributed by atoms with Crippen molar-refractivity contribution < 1.29 is 4.79 Å². The monoisotopic (exact) mass is 447 g/mol. The Morgan fingerprint density at radius 1 is 1.11 bits per heavy atom. The number of nitrogens with zero attached hydrogens (tertiary/aromatic N) is 1. The molecule has 142 valence electrons. The first-order valence-corrected chi connectivity index (χ1v) is 9.99. The molecule has 2 aromatic carbocycles. The standard InChI is InChI=1S/C21H23BrClN3O/c1-14(2)13-19(21(27)25-12-11-24)26-20(15-3-7-17(22)8-4-15)16-5-9-18(23)10-6-16/h3-10,14,19-20,26H,12-13H2,1-2H3,(H,25,27)/t19-,20?/m1/s1. The fourth-order valence-corrected chi connectivity index (χ4v) is 3.26. The zero-order valence-corrected chi connectivity index (χ0v) is 17.7. The highest BCUT2D eigenvalue weighted by molar-refractivity contribution is 9.10. The summed E-state index contributed by atoms with van der Waals surface area (Å²) in [5.74, 6) is 0.160. The van der Waals surface area contributed by atoms with Crippen molar-refractivity contribution in [2.45, 2.75) is 32.4 Å². The summed E-state index contributed by atoms with van der Waals surface area (Å²) in [6.07, 6.45) is 0.665. The second-order valence-corrected chi connectivity index (χ2v) is 8.11. The van der Waals surface area contributed by atoms with E-state index in [0.29, 0.717) is 17.4 Å². The number of carbonyl (C=O) groups excluding carboxylic acids is 1. The molecule has 2 rings (SSSR count). The number of hydrogen-bond acceptors (Lipinski definition) is 3. The highest BCUT2D eigenvalue weighted by Gasteiger charge is 2.25. The lowest BCUT2D eigenvalue weighted by atomic mass is 9.95. The van der Waals surface area contributed by atoms with Gasteiger partial charge in [0.1, 0.15) is 6.54 Å². The van der Waals surface area contributed by atoms with Crippen molar-refractivity contribution in [1.82, 2.24) is 10.6 Å². The number of carbonyl (C=O) groups is 1. The molecule has 4 nitrogen and oxygen atoms in total. The van der Waals surface area contributed by atoms with Crippen LogP contribution in [0.1, 0.15) is 37.4 Å². The molecule has 2 N–H and O–H groups in total. The number of hydrogen-bond donors (Lipinski definition) is 2. The van der Waals surface area contributed by atoms with E-state index in [1.807, 2.05) is 54.6 Å². The van der Waals surface area contributed by atoms with E-state index in [1.54, 1.807) is 0 Å². The molecule has 0 aliphatic carbocycles. The van der Waals surface area contributed by atoms with Gasteiger partial charge in [-0.3, -0.25) is 10.1 Å². The maximum atomic E-state index is 12.6. The molecule has 0 aromatic heterocycles. The molecule has 1 amide bonds. The van der Waals surface area contributed by atoms with Crippen molar-refractivity contribution in [3.63, 3.8) is 0 Å². The SMILES string of the molecule is CC(C)C[C@@H](NC(c1ccc(Cl)cc1)c1ccc(Br)cc1)C(=O)NCC#N. The van der Waals surface area contributed by atoms with Gasteiger partial charge in [-0.15, -0.1) is 0 Å². The van der Waals surface area contributed by atoms with Gasteiger partial charge in [0.05, 0.1) is 18.2 Å². The highest BCUT2D eigenvalue weighted by atomic mass is 79.9. The predicted octanol–water partition coefficient (Wildman–Crippen LogP) is 4.84. The van der Waals surface area contributed by atoms with Gasteiger partial charge in [0.2, 0.25) is 5.91 Å². The Balaban J connectivity index is 2.35. The van der Waals surface area contributed by atoms with Gasteiger partial charge in [-0.2, -0.15) is 5.26 Å². The Morgan fingerprint density at radius 3 is 2.19 bits per heavy atom. The van der Waals surface area contributed by atoms with Crippen LogP contribution in [-0.4, -0.2) is 18.5 Å². The molecular formula is C21H23BrClN3O. The quantitative estimate of drug-likeness (QED) is 0.568. The van der Waals surface area contributed by atoms with Gasteiger partial charge >= 0.3 is 0 Å². The zero-order valence-electron chi connectivity index (χ0n) is 15.4. The average Bonchev–Trinajstić information content (AvgIpc) is 2.64. The fourth-order valence-electron chi connectivity index (χ4n) is 2.87. The topological polar surface area (TPSA) is 64.9 Å². The third-order valence-electron chi connectivity index (χ3n) is 4.14. The summed E-state index contributed by atoms with van der Waals surface area (Å²) >= 11 is 9.51. The van der Waals surface area contributed by atoms with Gasteiger partial charge in [-0.05, 0) is 47.7 Å². The van der Waals surface area contributed by atoms with E-state index in [2.05, 4.69) is 40.4 Å². The van der Waals surface area contributed by atoms with Crippen molar-refractivity contribution in [3.8, 4) is 6.07 Å². The molecule has 0 aliphatic heterocycles. The lowest BCUT2D eigenvalue weighted by Crippen LogP contribution is -2.46. The lowest BCUT2D eigenvalue weighted by molar-refractivity contribution is -0.123. The van der Waals surface area contributed by atoms with Crippen LogP contribution in [0.5, 0.6) is 0 Å². The van der Waals surface area contributed by atoms with Gasteiger partial charge < -0.3 is 5.32 Å². The molecule has 1 unspecified atom stereocenters. The molecule has 0 radical (unpaired) electrons. The molecule has 0 saturated carbocycles. The number of rotatable bonds is 8. The fraction of sp³-hybridized carbons (Fsp3) is 0.333. The van der Waals surface area contributed by atoms with Gasteiger partial charge in [0.25, 0.3) is 0 Å². The summed E-state index contributed by atoms with van der Waals surface area (Å²) in [7, 11) is 0. The minimum Gasteiger partial charge on any atom is -0.342 e. The van der Waals surface area contributed by atoms with Crippen LogP contribution in [0.15, 0.2) is 53.0 Å².